The maximum Gasteiger partial charge on any atom is 0.265 e. The van der Waals surface area contributed by atoms with E-state index in [0.29, 0.717) is 11.4 Å². The van der Waals surface area contributed by atoms with Crippen molar-refractivity contribution in [3.8, 4) is 17.2 Å². The quantitative estimate of drug-likeness (QED) is 0.734. The topological polar surface area (TPSA) is 69.6 Å². The molecule has 0 bridgehead atoms. The lowest BCUT2D eigenvalue weighted by molar-refractivity contribution is 0.392. The van der Waals surface area contributed by atoms with Gasteiger partial charge in [-0.25, -0.2) is 8.42 Å². The van der Waals surface area contributed by atoms with Crippen molar-refractivity contribution in [2.45, 2.75) is 4.90 Å². The van der Waals surface area contributed by atoms with Gasteiger partial charge < -0.3 is 14.0 Å². The molecule has 6 nitrogen and oxygen atoms in total. The van der Waals surface area contributed by atoms with Gasteiger partial charge in [0.15, 0.2) is 0 Å². The second-order valence-corrected chi connectivity index (χ2v) is 6.91. The molecule has 0 saturated carbocycles. The first-order chi connectivity index (χ1) is 12.0. The zero-order chi connectivity index (χ0) is 17.9. The van der Waals surface area contributed by atoms with E-state index in [0.717, 1.165) is 5.69 Å². The Bertz CT molecular complexity index is 949. The summed E-state index contributed by atoms with van der Waals surface area (Å²) in [5.74, 6) is 0.682. The van der Waals surface area contributed by atoms with Crippen molar-refractivity contribution < 1.29 is 17.9 Å². The van der Waals surface area contributed by atoms with Gasteiger partial charge in [0.25, 0.3) is 10.0 Å². The molecule has 0 radical (unpaired) electrons. The molecule has 25 heavy (non-hydrogen) atoms. The van der Waals surface area contributed by atoms with Gasteiger partial charge in [-0.2, -0.15) is 0 Å². The van der Waals surface area contributed by atoms with E-state index < -0.39 is 10.0 Å². The van der Waals surface area contributed by atoms with Crippen molar-refractivity contribution in [1.82, 2.24) is 4.57 Å². The number of sulfonamides is 1. The first-order valence-electron chi connectivity index (χ1n) is 7.52. The summed E-state index contributed by atoms with van der Waals surface area (Å²) in [6.45, 7) is 0. The molecule has 2 aromatic carbocycles. The molecule has 0 unspecified atom stereocenters. The maximum absolute atomic E-state index is 12.7. The predicted octanol–water partition coefficient (Wildman–Crippen LogP) is 3.30. The summed E-state index contributed by atoms with van der Waals surface area (Å²) in [7, 11) is -0.916. The molecular weight excluding hydrogens is 340 g/mol. The van der Waals surface area contributed by atoms with Crippen LogP contribution in [0.15, 0.2) is 71.9 Å². The summed E-state index contributed by atoms with van der Waals surface area (Å²) >= 11 is 0. The van der Waals surface area contributed by atoms with E-state index in [2.05, 4.69) is 4.72 Å². The second kappa shape index (κ2) is 6.90. The Morgan fingerprint density at radius 3 is 2.20 bits per heavy atom. The van der Waals surface area contributed by atoms with Crippen molar-refractivity contribution >= 4 is 15.7 Å². The maximum atomic E-state index is 12.7. The molecule has 0 atom stereocenters. The third-order valence-corrected chi connectivity index (χ3v) is 5.08. The lowest BCUT2D eigenvalue weighted by atomic mass is 10.3. The van der Waals surface area contributed by atoms with E-state index in [4.69, 9.17) is 9.47 Å². The standard InChI is InChI=1S/C18H18N2O4S/c1-23-16-9-10-17(24-2)18(13-16)25(21,22)19-14-5-7-15(8-6-14)20-11-3-4-12-20/h3-13,19H,1-2H3. The minimum atomic E-state index is -3.82. The Kier molecular flexibility index (Phi) is 4.67. The van der Waals surface area contributed by atoms with E-state index in [1.807, 2.05) is 41.2 Å². The Hall–Kier alpha value is -2.93. The molecular formula is C18H18N2O4S. The van der Waals surface area contributed by atoms with Crippen molar-refractivity contribution in [2.75, 3.05) is 18.9 Å². The van der Waals surface area contributed by atoms with Gasteiger partial charge in [0.2, 0.25) is 0 Å². The first-order valence-corrected chi connectivity index (χ1v) is 9.00. The van der Waals surface area contributed by atoms with Gasteiger partial charge in [0.1, 0.15) is 16.4 Å². The third kappa shape index (κ3) is 3.61. The lowest BCUT2D eigenvalue weighted by Gasteiger charge is -2.13. The van der Waals surface area contributed by atoms with Gasteiger partial charge >= 0.3 is 0 Å². The van der Waals surface area contributed by atoms with Crippen LogP contribution in [0.3, 0.4) is 0 Å². The summed E-state index contributed by atoms with van der Waals surface area (Å²) in [5.41, 5.74) is 1.40. The molecule has 1 heterocycles. The normalized spacial score (nSPS) is 11.1. The van der Waals surface area contributed by atoms with Gasteiger partial charge in [-0.15, -0.1) is 0 Å². The molecule has 0 amide bonds. The van der Waals surface area contributed by atoms with Gasteiger partial charge in [0, 0.05) is 29.8 Å². The number of aromatic nitrogens is 1. The number of ether oxygens (including phenoxy) is 2. The largest absolute Gasteiger partial charge is 0.497 e. The highest BCUT2D eigenvalue weighted by Gasteiger charge is 2.20. The van der Waals surface area contributed by atoms with Crippen LogP contribution < -0.4 is 14.2 Å². The predicted molar refractivity (Wildman–Crippen MR) is 96.1 cm³/mol. The molecule has 1 N–H and O–H groups in total. The third-order valence-electron chi connectivity index (χ3n) is 3.68. The van der Waals surface area contributed by atoms with Gasteiger partial charge in [-0.1, -0.05) is 0 Å². The Labute approximate surface area is 146 Å². The minimum absolute atomic E-state index is 0.0174. The Balaban J connectivity index is 1.89. The van der Waals surface area contributed by atoms with Gasteiger partial charge in [-0.3, -0.25) is 4.72 Å². The Morgan fingerprint density at radius 2 is 1.60 bits per heavy atom. The number of nitrogens with one attached hydrogen (secondary N) is 1. The SMILES string of the molecule is COc1ccc(OC)c(S(=O)(=O)Nc2ccc(-n3cccc3)cc2)c1. The average molecular weight is 358 g/mol. The summed E-state index contributed by atoms with van der Waals surface area (Å²) in [4.78, 5) is 0.0174. The van der Waals surface area contributed by atoms with Crippen LogP contribution in [0.25, 0.3) is 5.69 Å². The number of hydrogen-bond donors (Lipinski definition) is 1. The summed E-state index contributed by atoms with van der Waals surface area (Å²) in [5, 5.41) is 0. The molecule has 3 rings (SSSR count). The van der Waals surface area contributed by atoms with E-state index in [1.165, 1.54) is 20.3 Å². The lowest BCUT2D eigenvalue weighted by Crippen LogP contribution is -2.14. The molecule has 0 aliphatic carbocycles. The zero-order valence-corrected chi connectivity index (χ0v) is 14.7. The number of methoxy groups -OCH3 is 2. The highest BCUT2D eigenvalue weighted by atomic mass is 32.2. The highest BCUT2D eigenvalue weighted by molar-refractivity contribution is 7.92. The van der Waals surface area contributed by atoms with E-state index in [-0.39, 0.29) is 10.6 Å². The van der Waals surface area contributed by atoms with Crippen molar-refractivity contribution in [1.29, 1.82) is 0 Å². The highest BCUT2D eigenvalue weighted by Crippen LogP contribution is 2.29. The number of benzene rings is 2. The van der Waals surface area contributed by atoms with Crippen LogP contribution in [0.2, 0.25) is 0 Å². The van der Waals surface area contributed by atoms with Crippen LogP contribution in [0.4, 0.5) is 5.69 Å². The van der Waals surface area contributed by atoms with E-state index in [1.54, 1.807) is 24.3 Å². The molecule has 0 saturated heterocycles. The molecule has 0 spiro atoms. The van der Waals surface area contributed by atoms with E-state index in [9.17, 15) is 8.42 Å². The van der Waals surface area contributed by atoms with Crippen molar-refractivity contribution in [2.24, 2.45) is 0 Å². The van der Waals surface area contributed by atoms with Gasteiger partial charge in [-0.05, 0) is 48.5 Å². The smallest absolute Gasteiger partial charge is 0.265 e. The van der Waals surface area contributed by atoms with Crippen molar-refractivity contribution in [3.63, 3.8) is 0 Å². The van der Waals surface area contributed by atoms with Crippen LogP contribution in [-0.4, -0.2) is 27.2 Å². The van der Waals surface area contributed by atoms with Crippen LogP contribution in [0, 0.1) is 0 Å². The first kappa shape index (κ1) is 16.9. The van der Waals surface area contributed by atoms with Crippen LogP contribution in [0.5, 0.6) is 11.5 Å². The van der Waals surface area contributed by atoms with E-state index >= 15 is 0 Å². The van der Waals surface area contributed by atoms with Crippen LogP contribution >= 0.6 is 0 Å². The monoisotopic (exact) mass is 358 g/mol. The fourth-order valence-electron chi connectivity index (χ4n) is 2.41. The molecule has 0 aliphatic rings. The minimum Gasteiger partial charge on any atom is -0.497 e. The fraction of sp³-hybridized carbons (Fsp3) is 0.111. The van der Waals surface area contributed by atoms with Crippen molar-refractivity contribution in [3.05, 3.63) is 67.0 Å². The molecule has 3 aromatic rings. The van der Waals surface area contributed by atoms with Gasteiger partial charge in [0.05, 0.1) is 14.2 Å². The van der Waals surface area contributed by atoms with Crippen LogP contribution in [0.1, 0.15) is 0 Å². The molecule has 1 aromatic heterocycles. The number of hydrogen-bond acceptors (Lipinski definition) is 4. The number of nitrogens with zero attached hydrogens (tertiary/aromatic N) is 1. The molecule has 7 heteroatoms. The molecule has 0 fully saturated rings. The Morgan fingerprint density at radius 1 is 0.920 bits per heavy atom. The summed E-state index contributed by atoms with van der Waals surface area (Å²) in [6, 6.07) is 15.6. The number of anilines is 1. The average Bonchev–Trinajstić information content (AvgIpc) is 3.16. The number of rotatable bonds is 6. The summed E-state index contributed by atoms with van der Waals surface area (Å²) in [6.07, 6.45) is 3.83. The molecule has 0 aliphatic heterocycles. The van der Waals surface area contributed by atoms with Crippen LogP contribution in [-0.2, 0) is 10.0 Å². The molecule has 130 valence electrons. The fourth-order valence-corrected chi connectivity index (χ4v) is 3.66. The summed E-state index contributed by atoms with van der Waals surface area (Å²) < 4.78 is 40.2. The zero-order valence-electron chi connectivity index (χ0n) is 13.8. The second-order valence-electron chi connectivity index (χ2n) is 5.26.